The summed E-state index contributed by atoms with van der Waals surface area (Å²) in [5.74, 6) is 0.335. The minimum Gasteiger partial charge on any atom is -0.368 e. The summed E-state index contributed by atoms with van der Waals surface area (Å²) in [6.07, 6.45) is 4.09. The predicted octanol–water partition coefficient (Wildman–Crippen LogP) is 3.73. The van der Waals surface area contributed by atoms with Crippen LogP contribution in [0.4, 0.5) is 10.5 Å². The predicted molar refractivity (Wildman–Crippen MR) is 108 cm³/mol. The summed E-state index contributed by atoms with van der Waals surface area (Å²) in [6.45, 7) is 1.39. The number of nitrogens with two attached hydrogens (primary N) is 1. The molecule has 2 amide bonds. The van der Waals surface area contributed by atoms with Crippen molar-refractivity contribution in [3.05, 3.63) is 28.2 Å². The molecule has 2 fully saturated rings. The number of benzene rings is 1. The second-order valence-corrected chi connectivity index (χ2v) is 7.92. The number of anilines is 1. The molecule has 0 atom stereocenters. The van der Waals surface area contributed by atoms with Crippen LogP contribution in [0.1, 0.15) is 34.8 Å². The highest BCUT2D eigenvalue weighted by Crippen LogP contribution is 2.33. The average Bonchev–Trinajstić information content (AvgIpc) is 2.65. The van der Waals surface area contributed by atoms with E-state index in [2.05, 4.69) is 10.2 Å². The van der Waals surface area contributed by atoms with Gasteiger partial charge in [0.05, 0.1) is 15.7 Å². The van der Waals surface area contributed by atoms with E-state index >= 15 is 0 Å². The average molecular weight is 401 g/mol. The molecule has 1 aliphatic carbocycles. The summed E-state index contributed by atoms with van der Waals surface area (Å²) in [5, 5.41) is 3.86. The lowest BCUT2D eigenvalue weighted by molar-refractivity contribution is 0.207. The van der Waals surface area contributed by atoms with E-state index < -0.39 is 12.5 Å². The molecule has 3 N–H and O–H groups in total. The van der Waals surface area contributed by atoms with Crippen LogP contribution in [-0.2, 0) is 0 Å². The molecule has 0 radical (unpaired) electrons. The summed E-state index contributed by atoms with van der Waals surface area (Å²) in [5.41, 5.74) is 6.10. The molecule has 0 spiro atoms. The highest BCUT2D eigenvalue weighted by molar-refractivity contribution is 6.43. The molecule has 1 saturated heterocycles. The topological polar surface area (TPSA) is 61.6 Å². The van der Waals surface area contributed by atoms with Crippen molar-refractivity contribution >= 4 is 34.9 Å². The Morgan fingerprint density at radius 1 is 1.19 bits per heavy atom. The number of rotatable bonds is 5. The number of nitrogens with zero attached hydrogens (tertiary/aromatic N) is 2. The van der Waals surface area contributed by atoms with Gasteiger partial charge >= 0.3 is 6.03 Å². The van der Waals surface area contributed by atoms with E-state index in [0.717, 1.165) is 44.5 Å². The van der Waals surface area contributed by atoms with Gasteiger partial charge in [-0.25, -0.2) is 4.79 Å². The zero-order valence-electron chi connectivity index (χ0n) is 16.9. The van der Waals surface area contributed by atoms with E-state index in [4.69, 9.17) is 31.7 Å². The molecule has 3 rings (SSSR count). The van der Waals surface area contributed by atoms with Gasteiger partial charge < -0.3 is 16.0 Å². The molecule has 1 heterocycles. The van der Waals surface area contributed by atoms with Crippen molar-refractivity contribution in [3.8, 4) is 0 Å². The second kappa shape index (κ2) is 9.16. The van der Waals surface area contributed by atoms with Crippen molar-refractivity contribution in [2.75, 3.05) is 37.6 Å². The number of primary amides is 1. The van der Waals surface area contributed by atoms with Gasteiger partial charge in [-0.3, -0.25) is 4.90 Å². The maximum atomic E-state index is 11.0. The van der Waals surface area contributed by atoms with Crippen molar-refractivity contribution in [1.82, 2.24) is 10.2 Å². The van der Waals surface area contributed by atoms with Gasteiger partial charge in [0, 0.05) is 35.0 Å². The number of hydrogen-bond donors (Lipinski definition) is 2. The van der Waals surface area contributed by atoms with Gasteiger partial charge in [-0.2, -0.15) is 0 Å². The summed E-state index contributed by atoms with van der Waals surface area (Å²) >= 11 is 12.5. The first-order chi connectivity index (χ1) is 13.3. The lowest BCUT2D eigenvalue weighted by atomic mass is 9.84. The quantitative estimate of drug-likeness (QED) is 0.790. The van der Waals surface area contributed by atoms with Crippen LogP contribution in [0, 0.1) is 5.92 Å². The Morgan fingerprint density at radius 2 is 1.88 bits per heavy atom. The number of carbonyl (C=O) groups excluding carboxylic acids is 1. The molecule has 144 valence electrons. The third kappa shape index (κ3) is 5.18. The number of nitrogens with one attached hydrogen (secondary N) is 1. The molecule has 5 nitrogen and oxygen atoms in total. The van der Waals surface area contributed by atoms with Crippen molar-refractivity contribution in [2.45, 2.75) is 38.1 Å². The van der Waals surface area contributed by atoms with Gasteiger partial charge in [0.25, 0.3) is 0 Å². The first-order valence-corrected chi connectivity index (χ1v) is 10.0. The zero-order valence-corrected chi connectivity index (χ0v) is 16.4. The fraction of sp³-hybridized carbons (Fsp3) is 0.632. The van der Waals surface area contributed by atoms with Crippen LogP contribution in [0.5, 0.6) is 0 Å². The zero-order chi connectivity index (χ0) is 20.3. The highest BCUT2D eigenvalue weighted by Gasteiger charge is 2.24. The summed E-state index contributed by atoms with van der Waals surface area (Å²) in [6, 6.07) is 5.27. The lowest BCUT2D eigenvalue weighted by Gasteiger charge is -2.37. The Kier molecular flexibility index (Phi) is 5.97. The summed E-state index contributed by atoms with van der Waals surface area (Å²) < 4.78 is 17.2. The number of piperazine rings is 1. The maximum absolute atomic E-state index is 11.0. The molecule has 1 aromatic carbocycles. The van der Waals surface area contributed by atoms with Crippen molar-refractivity contribution in [3.63, 3.8) is 0 Å². The number of urea groups is 1. The minimum atomic E-state index is -1.33. The van der Waals surface area contributed by atoms with E-state index in [1.165, 1.54) is 0 Å². The van der Waals surface area contributed by atoms with Crippen LogP contribution in [0.15, 0.2) is 18.2 Å². The van der Waals surface area contributed by atoms with E-state index in [0.29, 0.717) is 35.5 Å². The van der Waals surface area contributed by atoms with Crippen LogP contribution < -0.4 is 16.0 Å². The van der Waals surface area contributed by atoms with Gasteiger partial charge in [-0.1, -0.05) is 29.3 Å². The van der Waals surface area contributed by atoms with E-state index in [1.54, 1.807) is 6.07 Å². The van der Waals surface area contributed by atoms with E-state index in [1.807, 2.05) is 17.0 Å². The molecule has 26 heavy (non-hydrogen) atoms. The molecule has 0 unspecified atom stereocenters. The molecule has 0 aromatic heterocycles. The highest BCUT2D eigenvalue weighted by atomic mass is 35.5. The number of carbonyl (C=O) groups is 1. The van der Waals surface area contributed by atoms with Gasteiger partial charge in [0.2, 0.25) is 0 Å². The van der Waals surface area contributed by atoms with Crippen LogP contribution in [0.25, 0.3) is 0 Å². The normalized spacial score (nSPS) is 26.2. The Morgan fingerprint density at radius 3 is 2.54 bits per heavy atom. The largest absolute Gasteiger partial charge is 0.368 e. The third-order valence-corrected chi connectivity index (χ3v) is 6.16. The number of amides is 2. The van der Waals surface area contributed by atoms with Crippen LogP contribution in [-0.4, -0.2) is 49.6 Å². The summed E-state index contributed by atoms with van der Waals surface area (Å²) in [7, 11) is 0. The minimum absolute atomic E-state index is 0.130. The van der Waals surface area contributed by atoms with Gasteiger partial charge in [-0.15, -0.1) is 0 Å². The number of hydrogen-bond acceptors (Lipinski definition) is 3. The molecular formula is C19H28Cl2N4O. The fourth-order valence-corrected chi connectivity index (χ4v) is 4.23. The fourth-order valence-electron chi connectivity index (χ4n) is 3.81. The molecule has 7 heteroatoms. The SMILES string of the molecule is [2H]C([2H])(CC1CCC(NC(N)=O)CC1)N1CCN(c2cccc(Cl)c2Cl)CC1. The van der Waals surface area contributed by atoms with E-state index in [-0.39, 0.29) is 6.04 Å². The molecule has 1 saturated carbocycles. The third-order valence-electron chi connectivity index (χ3n) is 5.35. The standard InChI is InChI=1S/C19H28Cl2N4O/c20-16-2-1-3-17(18(16)21)25-12-10-24(11-13-25)9-8-14-4-6-15(7-5-14)23-19(22)26/h1-3,14-15H,4-13H2,(H3,22,23,26)/i9D2. The molecule has 2 aliphatic rings. The Labute approximate surface area is 168 Å². The molecule has 1 aromatic rings. The number of halogens is 2. The monoisotopic (exact) mass is 400 g/mol. The smallest absolute Gasteiger partial charge is 0.312 e. The van der Waals surface area contributed by atoms with Gasteiger partial charge in [0.15, 0.2) is 0 Å². The van der Waals surface area contributed by atoms with Gasteiger partial charge in [0.1, 0.15) is 0 Å². The Hall–Kier alpha value is -1.17. The molecular weight excluding hydrogens is 371 g/mol. The van der Waals surface area contributed by atoms with Gasteiger partial charge in [-0.05, 0) is 56.7 Å². The first-order valence-electron chi connectivity index (χ1n) is 10.3. The first kappa shape index (κ1) is 17.0. The van der Waals surface area contributed by atoms with Crippen molar-refractivity contribution in [2.24, 2.45) is 11.7 Å². The van der Waals surface area contributed by atoms with Crippen LogP contribution in [0.3, 0.4) is 0 Å². The molecule has 1 aliphatic heterocycles. The summed E-state index contributed by atoms with van der Waals surface area (Å²) in [4.78, 5) is 15.1. The van der Waals surface area contributed by atoms with E-state index in [9.17, 15) is 4.79 Å². The Balaban J connectivity index is 1.51. The lowest BCUT2D eigenvalue weighted by Crippen LogP contribution is -2.47. The maximum Gasteiger partial charge on any atom is 0.312 e. The van der Waals surface area contributed by atoms with Crippen molar-refractivity contribution < 1.29 is 7.54 Å². The van der Waals surface area contributed by atoms with Crippen LogP contribution in [0.2, 0.25) is 10.0 Å². The van der Waals surface area contributed by atoms with Crippen LogP contribution >= 0.6 is 23.2 Å². The second-order valence-electron chi connectivity index (χ2n) is 7.14. The van der Waals surface area contributed by atoms with Crippen molar-refractivity contribution in [1.29, 1.82) is 0 Å². The molecule has 0 bridgehead atoms. The Bertz CT molecular complexity index is 691.